The average Bonchev–Trinajstić information content (AvgIpc) is 2.43. The van der Waals surface area contributed by atoms with Crippen LogP contribution in [0.3, 0.4) is 0 Å². The third-order valence-corrected chi connectivity index (χ3v) is 4.81. The fraction of sp³-hybridized carbons (Fsp3) is 0.500. The van der Waals surface area contributed by atoms with Gasteiger partial charge in [-0.2, -0.15) is 4.31 Å². The van der Waals surface area contributed by atoms with Gasteiger partial charge in [0.05, 0.1) is 19.3 Å². The van der Waals surface area contributed by atoms with Crippen molar-refractivity contribution in [2.75, 3.05) is 39.6 Å². The van der Waals surface area contributed by atoms with Crippen LogP contribution in [0.2, 0.25) is 0 Å². The molecule has 0 spiro atoms. The molecule has 0 aliphatic heterocycles. The molecule has 1 amide bonds. The molecule has 0 bridgehead atoms. The number of hydrogen-bond donors (Lipinski definition) is 1. The van der Waals surface area contributed by atoms with Gasteiger partial charge in [0.15, 0.2) is 0 Å². The number of benzene rings is 1. The Morgan fingerprint density at radius 3 is 2.45 bits per heavy atom. The molecule has 0 heterocycles. The van der Waals surface area contributed by atoms with E-state index in [1.807, 2.05) is 24.3 Å². The Morgan fingerprint density at radius 1 is 1.27 bits per heavy atom. The maximum absolute atomic E-state index is 11.8. The summed E-state index contributed by atoms with van der Waals surface area (Å²) in [5.41, 5.74) is 0.903. The zero-order valence-electron chi connectivity index (χ0n) is 12.7. The van der Waals surface area contributed by atoms with E-state index in [0.717, 1.165) is 16.3 Å². The van der Waals surface area contributed by atoms with Gasteiger partial charge in [0.2, 0.25) is 15.9 Å². The van der Waals surface area contributed by atoms with E-state index in [4.69, 9.17) is 4.74 Å². The third kappa shape index (κ3) is 7.35. The van der Waals surface area contributed by atoms with Crippen molar-refractivity contribution in [1.29, 1.82) is 0 Å². The number of nitrogens with one attached hydrogen (secondary N) is 1. The minimum Gasteiger partial charge on any atom is -0.383 e. The van der Waals surface area contributed by atoms with E-state index in [1.54, 1.807) is 0 Å². The Bertz CT molecular complexity index is 575. The number of carbonyl (C=O) groups is 1. The zero-order valence-corrected chi connectivity index (χ0v) is 15.1. The van der Waals surface area contributed by atoms with Crippen LogP contribution >= 0.6 is 15.9 Å². The SMILES string of the molecule is COCCN(CCNC(=O)Cc1ccc(Br)cc1)S(C)(=O)=O. The van der Waals surface area contributed by atoms with Gasteiger partial charge in [-0.1, -0.05) is 28.1 Å². The van der Waals surface area contributed by atoms with Crippen LogP contribution in [0, 0.1) is 0 Å². The molecule has 1 N–H and O–H groups in total. The van der Waals surface area contributed by atoms with Crippen molar-refractivity contribution >= 4 is 31.9 Å². The van der Waals surface area contributed by atoms with Gasteiger partial charge in [-0.05, 0) is 17.7 Å². The molecule has 0 unspecified atom stereocenters. The molecule has 0 saturated carbocycles. The first-order valence-electron chi connectivity index (χ1n) is 6.78. The predicted octanol–water partition coefficient (Wildman–Crippen LogP) is 1.02. The molecule has 0 saturated heterocycles. The number of amides is 1. The van der Waals surface area contributed by atoms with E-state index >= 15 is 0 Å². The van der Waals surface area contributed by atoms with E-state index in [0.29, 0.717) is 6.61 Å². The molecule has 0 radical (unpaired) electrons. The molecule has 1 aromatic carbocycles. The van der Waals surface area contributed by atoms with Crippen LogP contribution in [0.25, 0.3) is 0 Å². The van der Waals surface area contributed by atoms with E-state index in [-0.39, 0.29) is 32.0 Å². The van der Waals surface area contributed by atoms with Crippen molar-refractivity contribution in [2.45, 2.75) is 6.42 Å². The van der Waals surface area contributed by atoms with Crippen LogP contribution < -0.4 is 5.32 Å². The first kappa shape index (κ1) is 19.1. The van der Waals surface area contributed by atoms with Gasteiger partial charge in [-0.3, -0.25) is 4.79 Å². The van der Waals surface area contributed by atoms with Gasteiger partial charge < -0.3 is 10.1 Å². The van der Waals surface area contributed by atoms with E-state index in [2.05, 4.69) is 21.2 Å². The molecule has 124 valence electrons. The van der Waals surface area contributed by atoms with Crippen LogP contribution in [0.1, 0.15) is 5.56 Å². The highest BCUT2D eigenvalue weighted by Gasteiger charge is 2.16. The Hall–Kier alpha value is -0.960. The molecule has 0 aliphatic carbocycles. The molecular weight excluding hydrogens is 372 g/mol. The molecule has 0 atom stereocenters. The second-order valence-electron chi connectivity index (χ2n) is 4.81. The molecule has 0 fully saturated rings. The summed E-state index contributed by atoms with van der Waals surface area (Å²) in [6.45, 7) is 1.10. The topological polar surface area (TPSA) is 75.7 Å². The van der Waals surface area contributed by atoms with E-state index in [1.165, 1.54) is 11.4 Å². The van der Waals surface area contributed by atoms with Crippen LogP contribution in [-0.2, 0) is 26.0 Å². The summed E-state index contributed by atoms with van der Waals surface area (Å²) in [5, 5.41) is 2.73. The summed E-state index contributed by atoms with van der Waals surface area (Å²) in [4.78, 5) is 11.8. The van der Waals surface area contributed by atoms with Crippen molar-refractivity contribution < 1.29 is 17.9 Å². The maximum Gasteiger partial charge on any atom is 0.224 e. The predicted molar refractivity (Wildman–Crippen MR) is 89.1 cm³/mol. The van der Waals surface area contributed by atoms with Crippen molar-refractivity contribution in [1.82, 2.24) is 9.62 Å². The lowest BCUT2D eigenvalue weighted by Crippen LogP contribution is -2.40. The molecule has 1 rings (SSSR count). The standard InChI is InChI=1S/C14H21BrN2O4S/c1-21-10-9-17(22(2,19)20)8-7-16-14(18)11-12-3-5-13(15)6-4-12/h3-6H,7-11H2,1-2H3,(H,16,18). The lowest BCUT2D eigenvalue weighted by molar-refractivity contribution is -0.120. The highest BCUT2D eigenvalue weighted by atomic mass is 79.9. The lowest BCUT2D eigenvalue weighted by atomic mass is 10.1. The minimum absolute atomic E-state index is 0.137. The highest BCUT2D eigenvalue weighted by Crippen LogP contribution is 2.10. The van der Waals surface area contributed by atoms with Gasteiger partial charge in [0, 0.05) is 31.2 Å². The van der Waals surface area contributed by atoms with Crippen molar-refractivity contribution in [3.05, 3.63) is 34.3 Å². The first-order valence-corrected chi connectivity index (χ1v) is 9.42. The molecule has 1 aromatic rings. The third-order valence-electron chi connectivity index (χ3n) is 2.98. The first-order chi connectivity index (χ1) is 10.3. The second-order valence-corrected chi connectivity index (χ2v) is 7.71. The van der Waals surface area contributed by atoms with Gasteiger partial charge in [-0.25, -0.2) is 8.42 Å². The Morgan fingerprint density at radius 2 is 1.91 bits per heavy atom. The highest BCUT2D eigenvalue weighted by molar-refractivity contribution is 9.10. The number of rotatable bonds is 9. The van der Waals surface area contributed by atoms with E-state index < -0.39 is 10.0 Å². The summed E-state index contributed by atoms with van der Waals surface area (Å²) in [5.74, 6) is -0.137. The number of ether oxygens (including phenoxy) is 1. The van der Waals surface area contributed by atoms with Crippen LogP contribution in [-0.4, -0.2) is 58.2 Å². The van der Waals surface area contributed by atoms with Crippen molar-refractivity contribution in [3.63, 3.8) is 0 Å². The summed E-state index contributed by atoms with van der Waals surface area (Å²) in [6, 6.07) is 7.48. The van der Waals surface area contributed by atoms with Gasteiger partial charge in [-0.15, -0.1) is 0 Å². The number of halogens is 1. The molecule has 6 nitrogen and oxygen atoms in total. The zero-order chi connectivity index (χ0) is 16.6. The van der Waals surface area contributed by atoms with E-state index in [9.17, 15) is 13.2 Å². The minimum atomic E-state index is -3.30. The van der Waals surface area contributed by atoms with Gasteiger partial charge in [0.25, 0.3) is 0 Å². The number of sulfonamides is 1. The fourth-order valence-electron chi connectivity index (χ4n) is 1.81. The second kappa shape index (κ2) is 9.24. The summed E-state index contributed by atoms with van der Waals surface area (Å²) in [7, 11) is -1.79. The Kier molecular flexibility index (Phi) is 8.02. The Labute approximate surface area is 140 Å². The van der Waals surface area contributed by atoms with Crippen LogP contribution in [0.15, 0.2) is 28.7 Å². The van der Waals surface area contributed by atoms with Crippen molar-refractivity contribution in [2.24, 2.45) is 0 Å². The largest absolute Gasteiger partial charge is 0.383 e. The number of nitrogens with zero attached hydrogens (tertiary/aromatic N) is 1. The summed E-state index contributed by atoms with van der Waals surface area (Å²) >= 11 is 3.34. The monoisotopic (exact) mass is 392 g/mol. The fourth-order valence-corrected chi connectivity index (χ4v) is 2.90. The van der Waals surface area contributed by atoms with Crippen molar-refractivity contribution in [3.8, 4) is 0 Å². The molecule has 0 aliphatic rings. The number of methoxy groups -OCH3 is 1. The summed E-state index contributed by atoms with van der Waals surface area (Å²) in [6.07, 6.45) is 1.41. The average molecular weight is 393 g/mol. The van der Waals surface area contributed by atoms with Gasteiger partial charge in [0.1, 0.15) is 0 Å². The quantitative estimate of drug-likeness (QED) is 0.680. The smallest absolute Gasteiger partial charge is 0.224 e. The molecular formula is C14H21BrN2O4S. The lowest BCUT2D eigenvalue weighted by Gasteiger charge is -2.19. The van der Waals surface area contributed by atoms with Crippen LogP contribution in [0.4, 0.5) is 0 Å². The Balaban J connectivity index is 2.40. The molecule has 0 aromatic heterocycles. The molecule has 22 heavy (non-hydrogen) atoms. The van der Waals surface area contributed by atoms with Crippen LogP contribution in [0.5, 0.6) is 0 Å². The van der Waals surface area contributed by atoms with Gasteiger partial charge >= 0.3 is 0 Å². The normalized spacial score (nSPS) is 11.6. The maximum atomic E-state index is 11.8. The number of hydrogen-bond acceptors (Lipinski definition) is 4. The molecule has 8 heteroatoms. The summed E-state index contributed by atoms with van der Waals surface area (Å²) < 4.78 is 30.3. The number of carbonyl (C=O) groups excluding carboxylic acids is 1.